The second-order valence-electron chi connectivity index (χ2n) is 5.59. The largest absolute Gasteiger partial charge is 0.384 e. The third-order valence-electron chi connectivity index (χ3n) is 3.91. The Balaban J connectivity index is 1.57. The van der Waals surface area contributed by atoms with Crippen molar-refractivity contribution in [3.05, 3.63) is 54.0 Å². The van der Waals surface area contributed by atoms with E-state index in [0.717, 1.165) is 18.4 Å². The van der Waals surface area contributed by atoms with Crippen LogP contribution in [0.4, 0.5) is 5.82 Å². The Kier molecular flexibility index (Phi) is 4.83. The molecule has 0 saturated carbocycles. The van der Waals surface area contributed by atoms with E-state index >= 15 is 0 Å². The molecule has 1 aliphatic heterocycles. The van der Waals surface area contributed by atoms with E-state index in [-0.39, 0.29) is 12.0 Å². The Labute approximate surface area is 135 Å². The minimum absolute atomic E-state index is 0.0332. The summed E-state index contributed by atoms with van der Waals surface area (Å²) in [7, 11) is 0. The minimum atomic E-state index is -0.0351. The number of amides is 1. The molecular weight excluding hydrogens is 292 g/mol. The van der Waals surface area contributed by atoms with Crippen LogP contribution in [0.25, 0.3) is 0 Å². The first-order chi connectivity index (χ1) is 11.2. The Bertz CT molecular complexity index is 663. The lowest BCUT2D eigenvalue weighted by Gasteiger charge is -2.32. The highest BCUT2D eigenvalue weighted by molar-refractivity contribution is 5.92. The topological polar surface area (TPSA) is 81.3 Å². The summed E-state index contributed by atoms with van der Waals surface area (Å²) in [4.78, 5) is 22.4. The van der Waals surface area contributed by atoms with Crippen LogP contribution in [0.1, 0.15) is 22.5 Å². The number of nitrogen functional groups attached to an aromatic ring is 1. The summed E-state index contributed by atoms with van der Waals surface area (Å²) in [6.07, 6.45) is 5.08. The average Bonchev–Trinajstić information content (AvgIpc) is 2.60. The second-order valence-corrected chi connectivity index (χ2v) is 5.59. The molecule has 1 unspecified atom stereocenters. The fraction of sp³-hybridized carbons (Fsp3) is 0.353. The summed E-state index contributed by atoms with van der Waals surface area (Å²) >= 11 is 0. The first-order valence-electron chi connectivity index (χ1n) is 7.74. The Morgan fingerprint density at radius 2 is 2.22 bits per heavy atom. The first kappa shape index (κ1) is 15.4. The van der Waals surface area contributed by atoms with Crippen LogP contribution in [0.3, 0.4) is 0 Å². The highest BCUT2D eigenvalue weighted by Gasteiger charge is 2.25. The number of hydrogen-bond donors (Lipinski definition) is 1. The SMILES string of the molecule is Nc1cc(CCC2CN(C(=O)c3ccccn3)CCO2)ccn1. The molecule has 1 fully saturated rings. The first-order valence-corrected chi connectivity index (χ1v) is 7.74. The van der Waals surface area contributed by atoms with Gasteiger partial charge in [-0.3, -0.25) is 9.78 Å². The molecule has 3 rings (SSSR count). The lowest BCUT2D eigenvalue weighted by atomic mass is 10.1. The van der Waals surface area contributed by atoms with Gasteiger partial charge < -0.3 is 15.4 Å². The van der Waals surface area contributed by atoms with Crippen LogP contribution in [0.15, 0.2) is 42.7 Å². The molecule has 120 valence electrons. The maximum Gasteiger partial charge on any atom is 0.272 e. The molecule has 6 nitrogen and oxygen atoms in total. The molecule has 0 spiro atoms. The fourth-order valence-electron chi connectivity index (χ4n) is 2.71. The lowest BCUT2D eigenvalue weighted by molar-refractivity contribution is -0.0247. The quantitative estimate of drug-likeness (QED) is 0.926. The van der Waals surface area contributed by atoms with Crippen LogP contribution in [0.5, 0.6) is 0 Å². The van der Waals surface area contributed by atoms with Crippen molar-refractivity contribution in [1.82, 2.24) is 14.9 Å². The third-order valence-corrected chi connectivity index (χ3v) is 3.91. The number of anilines is 1. The molecular formula is C17H20N4O2. The maximum atomic E-state index is 12.4. The minimum Gasteiger partial charge on any atom is -0.384 e. The smallest absolute Gasteiger partial charge is 0.272 e. The van der Waals surface area contributed by atoms with Crippen molar-refractivity contribution in [1.29, 1.82) is 0 Å². The summed E-state index contributed by atoms with van der Waals surface area (Å²) < 4.78 is 5.79. The predicted molar refractivity (Wildman–Crippen MR) is 86.9 cm³/mol. The van der Waals surface area contributed by atoms with Crippen molar-refractivity contribution in [2.45, 2.75) is 18.9 Å². The lowest BCUT2D eigenvalue weighted by Crippen LogP contribution is -2.46. The molecule has 0 bridgehead atoms. The van der Waals surface area contributed by atoms with Gasteiger partial charge in [0.25, 0.3) is 5.91 Å². The zero-order valence-corrected chi connectivity index (χ0v) is 12.9. The molecule has 0 aliphatic carbocycles. The number of nitrogens with two attached hydrogens (primary N) is 1. The van der Waals surface area contributed by atoms with E-state index in [1.807, 2.05) is 23.1 Å². The van der Waals surface area contributed by atoms with Gasteiger partial charge in [0.2, 0.25) is 0 Å². The predicted octanol–water partition coefficient (Wildman–Crippen LogP) is 1.53. The summed E-state index contributed by atoms with van der Waals surface area (Å²) in [5.41, 5.74) is 7.31. The highest BCUT2D eigenvalue weighted by atomic mass is 16.5. The van der Waals surface area contributed by atoms with Crippen LogP contribution in [-0.4, -0.2) is 46.6 Å². The van der Waals surface area contributed by atoms with Gasteiger partial charge in [-0.05, 0) is 42.7 Å². The molecule has 23 heavy (non-hydrogen) atoms. The van der Waals surface area contributed by atoms with Gasteiger partial charge in [0.15, 0.2) is 0 Å². The van der Waals surface area contributed by atoms with Gasteiger partial charge in [0.05, 0.1) is 12.7 Å². The molecule has 1 amide bonds. The van der Waals surface area contributed by atoms with Crippen LogP contribution < -0.4 is 5.73 Å². The number of rotatable bonds is 4. The van der Waals surface area contributed by atoms with E-state index in [9.17, 15) is 4.79 Å². The third kappa shape index (κ3) is 4.04. The van der Waals surface area contributed by atoms with Gasteiger partial charge in [-0.15, -0.1) is 0 Å². The van der Waals surface area contributed by atoms with Crippen molar-refractivity contribution in [3.63, 3.8) is 0 Å². The fourth-order valence-corrected chi connectivity index (χ4v) is 2.71. The number of morpholine rings is 1. The van der Waals surface area contributed by atoms with Crippen LogP contribution in [0.2, 0.25) is 0 Å². The van der Waals surface area contributed by atoms with Gasteiger partial charge in [0, 0.05) is 25.5 Å². The molecule has 2 N–H and O–H groups in total. The summed E-state index contributed by atoms with van der Waals surface area (Å²) in [6.45, 7) is 1.76. The van der Waals surface area contributed by atoms with Gasteiger partial charge in [0.1, 0.15) is 11.5 Å². The standard InChI is InChI=1S/C17H20N4O2/c18-16-11-13(6-8-20-16)4-5-14-12-21(9-10-23-14)17(22)15-3-1-2-7-19-15/h1-3,6-8,11,14H,4-5,9-10,12H2,(H2,18,20). The van der Waals surface area contributed by atoms with Gasteiger partial charge in [-0.2, -0.15) is 0 Å². The summed E-state index contributed by atoms with van der Waals surface area (Å²) in [5.74, 6) is 0.492. The van der Waals surface area contributed by atoms with Crippen LogP contribution in [-0.2, 0) is 11.2 Å². The summed E-state index contributed by atoms with van der Waals surface area (Å²) in [6, 6.07) is 9.20. The Hall–Kier alpha value is -2.47. The van der Waals surface area contributed by atoms with E-state index in [0.29, 0.717) is 31.2 Å². The maximum absolute atomic E-state index is 12.4. The molecule has 1 saturated heterocycles. The number of pyridine rings is 2. The van der Waals surface area contributed by atoms with E-state index in [1.54, 1.807) is 24.5 Å². The molecule has 2 aromatic heterocycles. The molecule has 0 radical (unpaired) electrons. The summed E-state index contributed by atoms with van der Waals surface area (Å²) in [5, 5.41) is 0. The van der Waals surface area contributed by atoms with Crippen LogP contribution >= 0.6 is 0 Å². The number of aryl methyl sites for hydroxylation is 1. The molecule has 3 heterocycles. The normalized spacial score (nSPS) is 17.9. The van der Waals surface area contributed by atoms with Crippen molar-refractivity contribution in [3.8, 4) is 0 Å². The van der Waals surface area contributed by atoms with Gasteiger partial charge in [-0.1, -0.05) is 6.07 Å². The van der Waals surface area contributed by atoms with Crippen molar-refractivity contribution < 1.29 is 9.53 Å². The number of carbonyl (C=O) groups excluding carboxylic acids is 1. The van der Waals surface area contributed by atoms with E-state index in [1.165, 1.54) is 0 Å². The zero-order valence-electron chi connectivity index (χ0n) is 12.9. The van der Waals surface area contributed by atoms with Gasteiger partial charge in [-0.25, -0.2) is 4.98 Å². The molecule has 1 atom stereocenters. The van der Waals surface area contributed by atoms with Crippen molar-refractivity contribution in [2.75, 3.05) is 25.4 Å². The number of hydrogen-bond acceptors (Lipinski definition) is 5. The van der Waals surface area contributed by atoms with Gasteiger partial charge >= 0.3 is 0 Å². The van der Waals surface area contributed by atoms with E-state index < -0.39 is 0 Å². The van der Waals surface area contributed by atoms with Crippen molar-refractivity contribution in [2.24, 2.45) is 0 Å². The second kappa shape index (κ2) is 7.19. The number of aromatic nitrogens is 2. The molecule has 2 aromatic rings. The highest BCUT2D eigenvalue weighted by Crippen LogP contribution is 2.15. The number of carbonyl (C=O) groups is 1. The number of nitrogens with zero attached hydrogens (tertiary/aromatic N) is 3. The van der Waals surface area contributed by atoms with E-state index in [2.05, 4.69) is 9.97 Å². The van der Waals surface area contributed by atoms with Crippen molar-refractivity contribution >= 4 is 11.7 Å². The zero-order chi connectivity index (χ0) is 16.1. The monoisotopic (exact) mass is 312 g/mol. The Morgan fingerprint density at radius 1 is 1.30 bits per heavy atom. The molecule has 0 aromatic carbocycles. The number of ether oxygens (including phenoxy) is 1. The molecule has 6 heteroatoms. The van der Waals surface area contributed by atoms with E-state index in [4.69, 9.17) is 10.5 Å². The average molecular weight is 312 g/mol. The van der Waals surface area contributed by atoms with Crippen LogP contribution in [0, 0.1) is 0 Å². The molecule has 1 aliphatic rings. The Morgan fingerprint density at radius 3 is 3.00 bits per heavy atom.